The maximum absolute atomic E-state index is 12.3. The van der Waals surface area contributed by atoms with Crippen LogP contribution in [0.2, 0.25) is 5.02 Å². The highest BCUT2D eigenvalue weighted by Gasteiger charge is 2.27. The fourth-order valence-corrected chi connectivity index (χ4v) is 3.02. The van der Waals surface area contributed by atoms with Crippen LogP contribution in [0, 0.1) is 12.8 Å². The van der Waals surface area contributed by atoms with Gasteiger partial charge in [-0.05, 0) is 42.0 Å². The normalized spacial score (nSPS) is 11.7. The largest absolute Gasteiger partial charge is 0.454 e. The monoisotopic (exact) mass is 408 g/mol. The van der Waals surface area contributed by atoms with Crippen molar-refractivity contribution in [2.75, 3.05) is 11.9 Å². The van der Waals surface area contributed by atoms with Crippen LogP contribution in [0.1, 0.15) is 29.1 Å². The molecule has 0 aliphatic heterocycles. The molecule has 0 spiro atoms. The lowest BCUT2D eigenvalue weighted by Crippen LogP contribution is -2.45. The molecule has 0 saturated carbocycles. The maximum Gasteiger partial charge on any atom is 0.329 e. The number of thiophene rings is 1. The Kier molecular flexibility index (Phi) is 7.38. The summed E-state index contributed by atoms with van der Waals surface area (Å²) in [5, 5.41) is 7.57. The number of rotatable bonds is 7. The topological polar surface area (TPSA) is 84.5 Å². The van der Waals surface area contributed by atoms with E-state index >= 15 is 0 Å². The van der Waals surface area contributed by atoms with Gasteiger partial charge < -0.3 is 15.4 Å². The molecule has 2 N–H and O–H groups in total. The first kappa shape index (κ1) is 20.9. The average molecular weight is 409 g/mol. The lowest BCUT2D eigenvalue weighted by atomic mass is 10.0. The minimum Gasteiger partial charge on any atom is -0.454 e. The van der Waals surface area contributed by atoms with E-state index in [1.807, 2.05) is 6.92 Å². The van der Waals surface area contributed by atoms with Crippen molar-refractivity contribution in [3.8, 4) is 0 Å². The van der Waals surface area contributed by atoms with Gasteiger partial charge in [0, 0.05) is 10.7 Å². The van der Waals surface area contributed by atoms with Crippen LogP contribution in [-0.2, 0) is 14.3 Å². The second-order valence-corrected chi connectivity index (χ2v) is 7.65. The van der Waals surface area contributed by atoms with Gasteiger partial charge in [-0.3, -0.25) is 9.59 Å². The molecule has 0 aliphatic carbocycles. The van der Waals surface area contributed by atoms with Crippen molar-refractivity contribution in [2.24, 2.45) is 5.92 Å². The van der Waals surface area contributed by atoms with Crippen molar-refractivity contribution < 1.29 is 19.1 Å². The van der Waals surface area contributed by atoms with E-state index in [0.717, 1.165) is 5.56 Å². The summed E-state index contributed by atoms with van der Waals surface area (Å²) in [6, 6.07) is 7.68. The molecule has 1 aromatic heterocycles. The molecule has 2 rings (SSSR count). The van der Waals surface area contributed by atoms with Crippen LogP contribution in [0.4, 0.5) is 5.69 Å². The van der Waals surface area contributed by atoms with Crippen molar-refractivity contribution >= 4 is 46.4 Å². The van der Waals surface area contributed by atoms with Gasteiger partial charge in [-0.2, -0.15) is 0 Å². The molecule has 8 heteroatoms. The van der Waals surface area contributed by atoms with E-state index < -0.39 is 24.5 Å². The molecule has 0 unspecified atom stereocenters. The predicted octanol–water partition coefficient (Wildman–Crippen LogP) is 3.65. The maximum atomic E-state index is 12.3. The third kappa shape index (κ3) is 6.08. The molecule has 144 valence electrons. The van der Waals surface area contributed by atoms with E-state index in [0.29, 0.717) is 15.6 Å². The van der Waals surface area contributed by atoms with Crippen LogP contribution in [0.5, 0.6) is 0 Å². The van der Waals surface area contributed by atoms with Crippen LogP contribution in [0.3, 0.4) is 0 Å². The number of amides is 2. The van der Waals surface area contributed by atoms with E-state index in [9.17, 15) is 14.4 Å². The van der Waals surface area contributed by atoms with Gasteiger partial charge in [-0.1, -0.05) is 37.6 Å². The summed E-state index contributed by atoms with van der Waals surface area (Å²) in [6.07, 6.45) is 0. The Morgan fingerprint density at radius 2 is 1.96 bits per heavy atom. The van der Waals surface area contributed by atoms with Crippen LogP contribution in [-0.4, -0.2) is 30.4 Å². The van der Waals surface area contributed by atoms with Gasteiger partial charge >= 0.3 is 5.97 Å². The van der Waals surface area contributed by atoms with Crippen LogP contribution >= 0.6 is 22.9 Å². The van der Waals surface area contributed by atoms with Gasteiger partial charge in [0.15, 0.2) is 6.61 Å². The first-order valence-electron chi connectivity index (χ1n) is 8.35. The van der Waals surface area contributed by atoms with Gasteiger partial charge in [0.25, 0.3) is 11.8 Å². The molecule has 0 aliphatic rings. The predicted molar refractivity (Wildman–Crippen MR) is 106 cm³/mol. The molecular formula is C19H21ClN2O4S. The van der Waals surface area contributed by atoms with Gasteiger partial charge in [0.05, 0.1) is 4.88 Å². The zero-order valence-electron chi connectivity index (χ0n) is 15.2. The number of ether oxygens (including phenoxy) is 1. The fraction of sp³-hybridized carbons (Fsp3) is 0.316. The molecule has 1 heterocycles. The zero-order chi connectivity index (χ0) is 20.0. The molecular weight excluding hydrogens is 388 g/mol. The minimum atomic E-state index is -0.846. The van der Waals surface area contributed by atoms with Gasteiger partial charge in [0.1, 0.15) is 6.04 Å². The molecule has 1 atom stereocenters. The van der Waals surface area contributed by atoms with Crippen molar-refractivity contribution in [3.05, 3.63) is 51.2 Å². The Bertz CT molecular complexity index is 821. The Balaban J connectivity index is 1.89. The van der Waals surface area contributed by atoms with Crippen LogP contribution in [0.25, 0.3) is 0 Å². The number of anilines is 1. The summed E-state index contributed by atoms with van der Waals surface area (Å²) in [5.74, 6) is -1.69. The molecule has 6 nitrogen and oxygen atoms in total. The van der Waals surface area contributed by atoms with Crippen LogP contribution in [0.15, 0.2) is 35.7 Å². The Hall–Kier alpha value is -2.38. The van der Waals surface area contributed by atoms with Crippen molar-refractivity contribution in [1.29, 1.82) is 0 Å². The van der Waals surface area contributed by atoms with Crippen molar-refractivity contribution in [3.63, 3.8) is 0 Å². The summed E-state index contributed by atoms with van der Waals surface area (Å²) in [5.41, 5.74) is 1.40. The lowest BCUT2D eigenvalue weighted by Gasteiger charge is -2.20. The summed E-state index contributed by atoms with van der Waals surface area (Å²) < 4.78 is 5.08. The fourth-order valence-electron chi connectivity index (χ4n) is 2.21. The Labute approximate surface area is 166 Å². The summed E-state index contributed by atoms with van der Waals surface area (Å²) in [4.78, 5) is 37.0. The molecule has 0 saturated heterocycles. The molecule has 0 bridgehead atoms. The molecule has 0 radical (unpaired) electrons. The number of nitrogens with one attached hydrogen (secondary N) is 2. The van der Waals surface area contributed by atoms with Gasteiger partial charge in [0.2, 0.25) is 0 Å². The van der Waals surface area contributed by atoms with E-state index in [1.165, 1.54) is 11.3 Å². The number of carbonyl (C=O) groups is 3. The third-order valence-electron chi connectivity index (χ3n) is 3.75. The molecule has 0 fully saturated rings. The van der Waals surface area contributed by atoms with E-state index in [2.05, 4.69) is 10.6 Å². The van der Waals surface area contributed by atoms with E-state index in [4.69, 9.17) is 16.3 Å². The quantitative estimate of drug-likeness (QED) is 0.685. The SMILES string of the molecule is Cc1ccc(NC(=O)COC(=O)[C@@H](NC(=O)c2cccs2)C(C)C)cc1Cl. The smallest absolute Gasteiger partial charge is 0.329 e. The standard InChI is InChI=1S/C19H21ClN2O4S/c1-11(2)17(22-18(24)15-5-4-8-27-15)19(25)26-10-16(23)21-13-7-6-12(3)14(20)9-13/h4-9,11,17H,10H2,1-3H3,(H,21,23)(H,22,24)/t17-/m0/s1. The van der Waals surface area contributed by atoms with Gasteiger partial charge in [-0.15, -0.1) is 11.3 Å². The lowest BCUT2D eigenvalue weighted by molar-refractivity contribution is -0.150. The first-order chi connectivity index (χ1) is 12.8. The molecule has 2 aromatic rings. The second kappa shape index (κ2) is 9.53. The number of aryl methyl sites for hydroxylation is 1. The highest BCUT2D eigenvalue weighted by Crippen LogP contribution is 2.19. The third-order valence-corrected chi connectivity index (χ3v) is 5.03. The number of halogens is 1. The van der Waals surface area contributed by atoms with E-state index in [1.54, 1.807) is 49.6 Å². The number of hydrogen-bond donors (Lipinski definition) is 2. The highest BCUT2D eigenvalue weighted by atomic mass is 35.5. The number of benzene rings is 1. The Morgan fingerprint density at radius 1 is 1.22 bits per heavy atom. The number of esters is 1. The van der Waals surface area contributed by atoms with Crippen molar-refractivity contribution in [2.45, 2.75) is 26.8 Å². The number of hydrogen-bond acceptors (Lipinski definition) is 5. The van der Waals surface area contributed by atoms with Crippen LogP contribution < -0.4 is 10.6 Å². The van der Waals surface area contributed by atoms with Gasteiger partial charge in [-0.25, -0.2) is 4.79 Å². The second-order valence-electron chi connectivity index (χ2n) is 6.29. The minimum absolute atomic E-state index is 0.194. The Morgan fingerprint density at radius 3 is 2.56 bits per heavy atom. The zero-order valence-corrected chi connectivity index (χ0v) is 16.8. The van der Waals surface area contributed by atoms with E-state index in [-0.39, 0.29) is 11.8 Å². The van der Waals surface area contributed by atoms with Crippen molar-refractivity contribution in [1.82, 2.24) is 5.32 Å². The molecule has 1 aromatic carbocycles. The average Bonchev–Trinajstić information content (AvgIpc) is 3.15. The summed E-state index contributed by atoms with van der Waals surface area (Å²) in [7, 11) is 0. The molecule has 2 amide bonds. The highest BCUT2D eigenvalue weighted by molar-refractivity contribution is 7.12. The number of carbonyl (C=O) groups excluding carboxylic acids is 3. The summed E-state index contributed by atoms with van der Waals surface area (Å²) in [6.45, 7) is 4.97. The summed E-state index contributed by atoms with van der Waals surface area (Å²) >= 11 is 7.29. The first-order valence-corrected chi connectivity index (χ1v) is 9.60. The molecule has 27 heavy (non-hydrogen) atoms.